The van der Waals surface area contributed by atoms with E-state index in [1.807, 2.05) is 13.8 Å². The molecule has 0 aromatic heterocycles. The summed E-state index contributed by atoms with van der Waals surface area (Å²) in [5.41, 5.74) is 0.363. The largest absolute Gasteiger partial charge is 0.502 e. The summed E-state index contributed by atoms with van der Waals surface area (Å²) in [5, 5.41) is 20.4. The number of benzene rings is 1. The van der Waals surface area contributed by atoms with E-state index in [0.717, 1.165) is 13.1 Å². The van der Waals surface area contributed by atoms with Crippen LogP contribution in [0.3, 0.4) is 0 Å². The third kappa shape index (κ3) is 2.70. The van der Waals surface area contributed by atoms with Crippen LogP contribution in [0.2, 0.25) is 0 Å². The Labute approximate surface area is 94.5 Å². The van der Waals surface area contributed by atoms with Gasteiger partial charge in [-0.1, -0.05) is 26.0 Å². The monoisotopic (exact) mass is 224 g/mol. The zero-order valence-corrected chi connectivity index (χ0v) is 9.51. The van der Waals surface area contributed by atoms with Crippen LogP contribution in [-0.2, 0) is 6.54 Å². The maximum Gasteiger partial charge on any atom is 0.311 e. The molecule has 88 valence electrons. The maximum atomic E-state index is 10.6. The van der Waals surface area contributed by atoms with Crippen LogP contribution in [-0.4, -0.2) is 28.0 Å². The summed E-state index contributed by atoms with van der Waals surface area (Å²) in [7, 11) is 0. The van der Waals surface area contributed by atoms with Gasteiger partial charge in [0.05, 0.1) is 4.92 Å². The minimum absolute atomic E-state index is 0.223. The van der Waals surface area contributed by atoms with Crippen molar-refractivity contribution in [3.63, 3.8) is 0 Å². The molecular formula is C11H16N2O3. The SMILES string of the molecule is CCN(CC)Cc1cccc([N+](=O)[O-])c1O. The van der Waals surface area contributed by atoms with Gasteiger partial charge in [0.1, 0.15) is 0 Å². The Balaban J connectivity index is 2.97. The average molecular weight is 224 g/mol. The van der Waals surface area contributed by atoms with Crippen LogP contribution in [0.15, 0.2) is 18.2 Å². The van der Waals surface area contributed by atoms with Crippen LogP contribution in [0, 0.1) is 10.1 Å². The first-order valence-electron chi connectivity index (χ1n) is 5.27. The van der Waals surface area contributed by atoms with Gasteiger partial charge in [0, 0.05) is 18.2 Å². The topological polar surface area (TPSA) is 66.6 Å². The second-order valence-electron chi connectivity index (χ2n) is 3.50. The molecule has 5 nitrogen and oxygen atoms in total. The minimum Gasteiger partial charge on any atom is -0.502 e. The molecule has 0 atom stereocenters. The Morgan fingerprint density at radius 1 is 1.38 bits per heavy atom. The standard InChI is InChI=1S/C11H16N2O3/c1-3-12(4-2)8-9-6-5-7-10(11(9)14)13(15)16/h5-7,14H,3-4,8H2,1-2H3. The number of phenolic OH excluding ortho intramolecular Hbond substituents is 1. The van der Waals surface area contributed by atoms with Crippen molar-refractivity contribution in [2.45, 2.75) is 20.4 Å². The van der Waals surface area contributed by atoms with Gasteiger partial charge in [-0.05, 0) is 13.1 Å². The van der Waals surface area contributed by atoms with Gasteiger partial charge in [-0.25, -0.2) is 0 Å². The summed E-state index contributed by atoms with van der Waals surface area (Å²) >= 11 is 0. The highest BCUT2D eigenvalue weighted by atomic mass is 16.6. The number of nitro groups is 1. The van der Waals surface area contributed by atoms with Gasteiger partial charge in [-0.2, -0.15) is 0 Å². The van der Waals surface area contributed by atoms with E-state index in [-0.39, 0.29) is 11.4 Å². The lowest BCUT2D eigenvalue weighted by atomic mass is 10.1. The second kappa shape index (κ2) is 5.46. The Morgan fingerprint density at radius 2 is 2.00 bits per heavy atom. The zero-order valence-electron chi connectivity index (χ0n) is 9.51. The van der Waals surface area contributed by atoms with Crippen LogP contribution in [0.5, 0.6) is 5.75 Å². The number of rotatable bonds is 5. The van der Waals surface area contributed by atoms with Gasteiger partial charge in [0.25, 0.3) is 0 Å². The molecule has 0 aliphatic carbocycles. The molecule has 1 aromatic carbocycles. The lowest BCUT2D eigenvalue weighted by Gasteiger charge is -2.18. The van der Waals surface area contributed by atoms with Crippen molar-refractivity contribution in [2.24, 2.45) is 0 Å². The smallest absolute Gasteiger partial charge is 0.311 e. The summed E-state index contributed by atoms with van der Waals surface area (Å²) in [4.78, 5) is 12.1. The van der Waals surface area contributed by atoms with Gasteiger partial charge >= 0.3 is 5.69 Å². The third-order valence-corrected chi connectivity index (χ3v) is 2.58. The van der Waals surface area contributed by atoms with E-state index in [0.29, 0.717) is 12.1 Å². The molecule has 0 amide bonds. The first kappa shape index (κ1) is 12.4. The Kier molecular flexibility index (Phi) is 4.25. The van der Waals surface area contributed by atoms with E-state index in [1.54, 1.807) is 12.1 Å². The number of nitro benzene ring substituents is 1. The second-order valence-corrected chi connectivity index (χ2v) is 3.50. The lowest BCUT2D eigenvalue weighted by molar-refractivity contribution is -0.385. The van der Waals surface area contributed by atoms with Crippen molar-refractivity contribution in [2.75, 3.05) is 13.1 Å². The number of hydrogen-bond acceptors (Lipinski definition) is 4. The molecule has 5 heteroatoms. The molecule has 0 aliphatic rings. The van der Waals surface area contributed by atoms with Crippen molar-refractivity contribution < 1.29 is 10.0 Å². The zero-order chi connectivity index (χ0) is 12.1. The predicted octanol–water partition coefficient (Wildman–Crippen LogP) is 2.14. The van der Waals surface area contributed by atoms with E-state index < -0.39 is 4.92 Å². The maximum absolute atomic E-state index is 10.6. The molecular weight excluding hydrogens is 208 g/mol. The summed E-state index contributed by atoms with van der Waals surface area (Å²) in [5.74, 6) is -0.223. The molecule has 0 spiro atoms. The molecule has 0 heterocycles. The highest BCUT2D eigenvalue weighted by molar-refractivity contribution is 5.50. The summed E-state index contributed by atoms with van der Waals surface area (Å²) in [6.45, 7) is 6.24. The molecule has 1 N–H and O–H groups in total. The minimum atomic E-state index is -0.568. The molecule has 0 unspecified atom stereocenters. The van der Waals surface area contributed by atoms with E-state index >= 15 is 0 Å². The predicted molar refractivity (Wildman–Crippen MR) is 61.4 cm³/mol. The van der Waals surface area contributed by atoms with Gasteiger partial charge in [-0.3, -0.25) is 15.0 Å². The molecule has 0 bridgehead atoms. The van der Waals surface area contributed by atoms with Crippen LogP contribution >= 0.6 is 0 Å². The molecule has 0 saturated heterocycles. The van der Waals surface area contributed by atoms with Crippen molar-refractivity contribution in [1.82, 2.24) is 4.90 Å². The first-order chi connectivity index (χ1) is 7.60. The number of phenols is 1. The number of hydrogen-bond donors (Lipinski definition) is 1. The summed E-state index contributed by atoms with van der Waals surface area (Å²) in [6, 6.07) is 4.61. The lowest BCUT2D eigenvalue weighted by Crippen LogP contribution is -2.22. The number of para-hydroxylation sites is 1. The first-order valence-corrected chi connectivity index (χ1v) is 5.27. The molecule has 1 rings (SSSR count). The highest BCUT2D eigenvalue weighted by Gasteiger charge is 2.17. The highest BCUT2D eigenvalue weighted by Crippen LogP contribution is 2.29. The van der Waals surface area contributed by atoms with Crippen molar-refractivity contribution in [3.8, 4) is 5.75 Å². The Morgan fingerprint density at radius 3 is 2.50 bits per heavy atom. The molecule has 0 aliphatic heterocycles. The number of aromatic hydroxyl groups is 1. The van der Waals surface area contributed by atoms with Crippen LogP contribution in [0.1, 0.15) is 19.4 Å². The normalized spacial score (nSPS) is 10.7. The van der Waals surface area contributed by atoms with Gasteiger partial charge < -0.3 is 5.11 Å². The van der Waals surface area contributed by atoms with E-state index in [4.69, 9.17) is 0 Å². The molecule has 16 heavy (non-hydrogen) atoms. The van der Waals surface area contributed by atoms with E-state index in [2.05, 4.69) is 4.90 Å². The quantitative estimate of drug-likeness (QED) is 0.614. The molecule has 0 fully saturated rings. The van der Waals surface area contributed by atoms with Crippen LogP contribution < -0.4 is 0 Å². The molecule has 0 saturated carbocycles. The van der Waals surface area contributed by atoms with E-state index in [1.165, 1.54) is 6.07 Å². The molecule has 0 radical (unpaired) electrons. The summed E-state index contributed by atoms with van der Waals surface area (Å²) in [6.07, 6.45) is 0. The Hall–Kier alpha value is -1.62. The third-order valence-electron chi connectivity index (χ3n) is 2.58. The number of nitrogens with zero attached hydrogens (tertiary/aromatic N) is 2. The van der Waals surface area contributed by atoms with Crippen molar-refractivity contribution in [1.29, 1.82) is 0 Å². The molecule has 1 aromatic rings. The van der Waals surface area contributed by atoms with E-state index in [9.17, 15) is 15.2 Å². The Bertz CT molecular complexity index is 375. The fourth-order valence-corrected chi connectivity index (χ4v) is 1.54. The fourth-order valence-electron chi connectivity index (χ4n) is 1.54. The van der Waals surface area contributed by atoms with Crippen LogP contribution in [0.25, 0.3) is 0 Å². The van der Waals surface area contributed by atoms with Crippen molar-refractivity contribution >= 4 is 5.69 Å². The van der Waals surface area contributed by atoms with Gasteiger partial charge in [-0.15, -0.1) is 0 Å². The average Bonchev–Trinajstić information content (AvgIpc) is 2.27. The van der Waals surface area contributed by atoms with Crippen LogP contribution in [0.4, 0.5) is 5.69 Å². The summed E-state index contributed by atoms with van der Waals surface area (Å²) < 4.78 is 0. The van der Waals surface area contributed by atoms with Crippen molar-refractivity contribution in [3.05, 3.63) is 33.9 Å². The van der Waals surface area contributed by atoms with Gasteiger partial charge in [0.15, 0.2) is 5.75 Å². The van der Waals surface area contributed by atoms with Gasteiger partial charge in [0.2, 0.25) is 0 Å². The fraction of sp³-hybridized carbons (Fsp3) is 0.455.